The summed E-state index contributed by atoms with van der Waals surface area (Å²) in [5.41, 5.74) is 5.08. The van der Waals surface area contributed by atoms with Crippen molar-refractivity contribution in [2.45, 2.75) is 63.8 Å². The van der Waals surface area contributed by atoms with Gasteiger partial charge in [-0.1, -0.05) is 25.8 Å². The van der Waals surface area contributed by atoms with Gasteiger partial charge in [-0.25, -0.2) is 0 Å². The molecule has 0 bridgehead atoms. The Hall–Kier alpha value is -1.85. The van der Waals surface area contributed by atoms with Crippen LogP contribution in [0, 0.1) is 0 Å². The molecule has 1 unspecified atom stereocenters. The lowest BCUT2D eigenvalue weighted by molar-refractivity contribution is -0.137. The van der Waals surface area contributed by atoms with Gasteiger partial charge >= 0.3 is 5.97 Å². The Kier molecular flexibility index (Phi) is 10.9. The fourth-order valence-electron chi connectivity index (χ4n) is 2.08. The van der Waals surface area contributed by atoms with Crippen molar-refractivity contribution in [3.05, 3.63) is 12.7 Å². The first-order chi connectivity index (χ1) is 9.95. The minimum atomic E-state index is -0.780. The van der Waals surface area contributed by atoms with Crippen LogP contribution in [0.25, 0.3) is 0 Å². The first-order valence-electron chi connectivity index (χ1n) is 7.38. The number of primary amides is 1. The Morgan fingerprint density at radius 1 is 1.05 bits per heavy atom. The van der Waals surface area contributed by atoms with Crippen LogP contribution < -0.4 is 11.1 Å². The van der Waals surface area contributed by atoms with Gasteiger partial charge in [-0.2, -0.15) is 0 Å². The zero-order chi connectivity index (χ0) is 16.1. The standard InChI is InChI=1S/C15H26N2O4/c1-2-14(19)17-12(9-6-7-10-13(16)18)8-4-3-5-11-15(20)21/h2,12H,1,3-11H2,(H2,16,18)(H,17,19)(H,20,21). The van der Waals surface area contributed by atoms with E-state index in [0.717, 1.165) is 38.5 Å². The molecule has 0 aromatic carbocycles. The third-order valence-corrected chi connectivity index (χ3v) is 3.20. The summed E-state index contributed by atoms with van der Waals surface area (Å²) in [6, 6.07) is 0.0354. The molecular weight excluding hydrogens is 272 g/mol. The molecule has 1 atom stereocenters. The quantitative estimate of drug-likeness (QED) is 0.355. The summed E-state index contributed by atoms with van der Waals surface area (Å²) >= 11 is 0. The number of nitrogens with two attached hydrogens (primary N) is 1. The number of amides is 2. The molecule has 2 amide bonds. The number of nitrogens with one attached hydrogen (secondary N) is 1. The Morgan fingerprint density at radius 2 is 1.62 bits per heavy atom. The van der Waals surface area contributed by atoms with Crippen LogP contribution in [0.3, 0.4) is 0 Å². The summed E-state index contributed by atoms with van der Waals surface area (Å²) < 4.78 is 0. The van der Waals surface area contributed by atoms with Crippen molar-refractivity contribution in [3.63, 3.8) is 0 Å². The van der Waals surface area contributed by atoms with Crippen LogP contribution in [0.5, 0.6) is 0 Å². The number of unbranched alkanes of at least 4 members (excludes halogenated alkanes) is 3. The smallest absolute Gasteiger partial charge is 0.303 e. The van der Waals surface area contributed by atoms with Gasteiger partial charge in [-0.15, -0.1) is 0 Å². The molecule has 6 heteroatoms. The maximum absolute atomic E-state index is 11.4. The van der Waals surface area contributed by atoms with E-state index in [9.17, 15) is 14.4 Å². The lowest BCUT2D eigenvalue weighted by Gasteiger charge is -2.17. The molecule has 0 rings (SSSR count). The zero-order valence-electron chi connectivity index (χ0n) is 12.5. The molecule has 21 heavy (non-hydrogen) atoms. The topological polar surface area (TPSA) is 109 Å². The SMILES string of the molecule is C=CC(=O)NC(CCCCCC(=O)O)CCCCC(N)=O. The van der Waals surface area contributed by atoms with Crippen LogP contribution in [0.15, 0.2) is 12.7 Å². The summed E-state index contributed by atoms with van der Waals surface area (Å²) in [7, 11) is 0. The van der Waals surface area contributed by atoms with E-state index in [0.29, 0.717) is 12.8 Å². The molecule has 0 saturated carbocycles. The summed E-state index contributed by atoms with van der Waals surface area (Å²) in [6.07, 6.45) is 7.25. The first kappa shape index (κ1) is 19.1. The van der Waals surface area contributed by atoms with Gasteiger partial charge in [0.15, 0.2) is 0 Å². The number of carbonyl (C=O) groups is 3. The molecule has 120 valence electrons. The van der Waals surface area contributed by atoms with E-state index in [4.69, 9.17) is 10.8 Å². The molecule has 4 N–H and O–H groups in total. The van der Waals surface area contributed by atoms with Crippen molar-refractivity contribution in [3.8, 4) is 0 Å². The summed E-state index contributed by atoms with van der Waals surface area (Å²) in [5.74, 6) is -1.30. The highest BCUT2D eigenvalue weighted by molar-refractivity contribution is 5.87. The van der Waals surface area contributed by atoms with Crippen molar-refractivity contribution < 1.29 is 19.5 Å². The molecule has 0 saturated heterocycles. The number of carboxylic acids is 1. The van der Waals surface area contributed by atoms with Gasteiger partial charge in [0, 0.05) is 18.9 Å². The van der Waals surface area contributed by atoms with Crippen LogP contribution >= 0.6 is 0 Å². The minimum absolute atomic E-state index is 0.0354. The van der Waals surface area contributed by atoms with Gasteiger partial charge in [-0.3, -0.25) is 14.4 Å². The van der Waals surface area contributed by atoms with E-state index in [1.807, 2.05) is 0 Å². The number of carbonyl (C=O) groups excluding carboxylic acids is 2. The number of hydrogen-bond acceptors (Lipinski definition) is 3. The number of hydrogen-bond donors (Lipinski definition) is 3. The monoisotopic (exact) mass is 298 g/mol. The third-order valence-electron chi connectivity index (χ3n) is 3.20. The average Bonchev–Trinajstić information content (AvgIpc) is 2.41. The van der Waals surface area contributed by atoms with Crippen LogP contribution in [0.2, 0.25) is 0 Å². The molecule has 0 aliphatic heterocycles. The summed E-state index contributed by atoms with van der Waals surface area (Å²) in [5, 5.41) is 11.4. The highest BCUT2D eigenvalue weighted by Gasteiger charge is 2.10. The van der Waals surface area contributed by atoms with Crippen molar-refractivity contribution >= 4 is 17.8 Å². The Morgan fingerprint density at radius 3 is 2.14 bits per heavy atom. The van der Waals surface area contributed by atoms with Crippen molar-refractivity contribution in [1.82, 2.24) is 5.32 Å². The van der Waals surface area contributed by atoms with Gasteiger partial charge in [0.1, 0.15) is 0 Å². The molecule has 0 heterocycles. The fraction of sp³-hybridized carbons (Fsp3) is 0.667. The number of carboxylic acid groups (broad SMARTS) is 1. The van der Waals surface area contributed by atoms with E-state index < -0.39 is 5.97 Å². The van der Waals surface area contributed by atoms with Gasteiger partial charge in [-0.05, 0) is 31.8 Å². The van der Waals surface area contributed by atoms with Gasteiger partial charge in [0.25, 0.3) is 0 Å². The van der Waals surface area contributed by atoms with E-state index >= 15 is 0 Å². The van der Waals surface area contributed by atoms with Gasteiger partial charge < -0.3 is 16.2 Å². The van der Waals surface area contributed by atoms with Gasteiger partial charge in [0.2, 0.25) is 11.8 Å². The van der Waals surface area contributed by atoms with E-state index in [1.54, 1.807) is 0 Å². The van der Waals surface area contributed by atoms with Crippen LogP contribution in [-0.2, 0) is 14.4 Å². The predicted octanol–water partition coefficient (Wildman–Crippen LogP) is 1.74. The van der Waals surface area contributed by atoms with Crippen molar-refractivity contribution in [2.24, 2.45) is 5.73 Å². The maximum atomic E-state index is 11.4. The second-order valence-corrected chi connectivity index (χ2v) is 5.11. The Balaban J connectivity index is 3.96. The van der Waals surface area contributed by atoms with Crippen LogP contribution in [0.1, 0.15) is 57.8 Å². The highest BCUT2D eigenvalue weighted by atomic mass is 16.4. The molecule has 0 radical (unpaired) electrons. The van der Waals surface area contributed by atoms with Crippen molar-refractivity contribution in [2.75, 3.05) is 0 Å². The second-order valence-electron chi connectivity index (χ2n) is 5.11. The minimum Gasteiger partial charge on any atom is -0.481 e. The number of aliphatic carboxylic acids is 1. The zero-order valence-corrected chi connectivity index (χ0v) is 12.5. The third kappa shape index (κ3) is 12.9. The molecule has 0 aliphatic rings. The summed E-state index contributed by atoms with van der Waals surface area (Å²) in [4.78, 5) is 32.4. The van der Waals surface area contributed by atoms with Crippen LogP contribution in [-0.4, -0.2) is 28.9 Å². The molecule has 0 aromatic heterocycles. The van der Waals surface area contributed by atoms with Crippen molar-refractivity contribution in [1.29, 1.82) is 0 Å². The van der Waals surface area contributed by atoms with E-state index in [1.165, 1.54) is 6.08 Å². The second kappa shape index (κ2) is 11.9. The largest absolute Gasteiger partial charge is 0.481 e. The summed E-state index contributed by atoms with van der Waals surface area (Å²) in [6.45, 7) is 3.42. The average molecular weight is 298 g/mol. The Bertz CT molecular complexity index is 356. The number of rotatable bonds is 13. The molecule has 0 fully saturated rings. The fourth-order valence-corrected chi connectivity index (χ4v) is 2.08. The lowest BCUT2D eigenvalue weighted by atomic mass is 10.0. The highest BCUT2D eigenvalue weighted by Crippen LogP contribution is 2.12. The van der Waals surface area contributed by atoms with E-state index in [-0.39, 0.29) is 24.3 Å². The normalized spacial score (nSPS) is 11.6. The molecule has 0 spiro atoms. The lowest BCUT2D eigenvalue weighted by Crippen LogP contribution is -2.33. The van der Waals surface area contributed by atoms with Crippen LogP contribution in [0.4, 0.5) is 0 Å². The van der Waals surface area contributed by atoms with E-state index in [2.05, 4.69) is 11.9 Å². The Labute approximate surface area is 125 Å². The first-order valence-corrected chi connectivity index (χ1v) is 7.38. The predicted molar refractivity (Wildman–Crippen MR) is 80.5 cm³/mol. The van der Waals surface area contributed by atoms with Gasteiger partial charge in [0.05, 0.1) is 0 Å². The molecule has 0 aliphatic carbocycles. The molecular formula is C15H26N2O4. The maximum Gasteiger partial charge on any atom is 0.303 e. The molecule has 0 aromatic rings. The molecule has 6 nitrogen and oxygen atoms in total.